The highest BCUT2D eigenvalue weighted by Gasteiger charge is 2.25. The Balaban J connectivity index is 1.15. The molecule has 2 saturated heterocycles. The first kappa shape index (κ1) is 21.1. The van der Waals surface area contributed by atoms with Gasteiger partial charge in [-0.1, -0.05) is 48.5 Å². The van der Waals surface area contributed by atoms with Gasteiger partial charge in [-0.15, -0.1) is 0 Å². The second kappa shape index (κ2) is 9.80. The molecule has 0 bridgehead atoms. The Bertz CT molecular complexity index is 1050. The Kier molecular flexibility index (Phi) is 6.46. The number of rotatable bonds is 5. The summed E-state index contributed by atoms with van der Waals surface area (Å²) in [7, 11) is 0. The van der Waals surface area contributed by atoms with Crippen LogP contribution in [-0.4, -0.2) is 60.1 Å². The van der Waals surface area contributed by atoms with E-state index in [4.69, 9.17) is 4.74 Å². The monoisotopic (exact) mass is 429 g/mol. The summed E-state index contributed by atoms with van der Waals surface area (Å²) >= 11 is 0. The summed E-state index contributed by atoms with van der Waals surface area (Å²) in [5.41, 5.74) is 3.35. The Morgan fingerprint density at radius 2 is 1.62 bits per heavy atom. The molecule has 32 heavy (non-hydrogen) atoms. The van der Waals surface area contributed by atoms with E-state index in [1.165, 1.54) is 11.1 Å². The van der Waals surface area contributed by atoms with Gasteiger partial charge in [0.25, 0.3) is 5.91 Å². The van der Waals surface area contributed by atoms with Crippen LogP contribution in [0.2, 0.25) is 0 Å². The molecule has 2 fully saturated rings. The molecule has 0 spiro atoms. The van der Waals surface area contributed by atoms with E-state index in [1.54, 1.807) is 6.20 Å². The van der Waals surface area contributed by atoms with Crippen LogP contribution >= 0.6 is 0 Å². The minimum absolute atomic E-state index is 0.0627. The molecule has 2 aromatic carbocycles. The molecule has 5 rings (SSSR count). The number of piperidine rings is 1. The number of hydrogen-bond donors (Lipinski definition) is 0. The number of aromatic nitrogens is 1. The molecule has 2 aliphatic heterocycles. The van der Waals surface area contributed by atoms with E-state index in [1.807, 2.05) is 35.2 Å². The predicted molar refractivity (Wildman–Crippen MR) is 127 cm³/mol. The second-order valence-corrected chi connectivity index (χ2v) is 9.03. The van der Waals surface area contributed by atoms with Gasteiger partial charge in [-0.05, 0) is 47.8 Å². The quantitative estimate of drug-likeness (QED) is 0.611. The number of likely N-dealkylation sites (tertiary alicyclic amines) is 1. The van der Waals surface area contributed by atoms with Crippen LogP contribution in [0.5, 0.6) is 0 Å². The normalized spacial score (nSPS) is 18.2. The van der Waals surface area contributed by atoms with Crippen LogP contribution in [-0.2, 0) is 17.7 Å². The molecule has 3 aromatic rings. The summed E-state index contributed by atoms with van der Waals surface area (Å²) in [4.78, 5) is 22.0. The minimum atomic E-state index is 0.0627. The standard InChI is InChI=1S/C27H31N3O2/c31-27(26-25-4-2-1-3-24(25)9-12-28-26)30-13-10-22(11-14-30)19-21-5-7-23(8-6-21)20-29-15-17-32-18-16-29/h1-9,12,22H,10-11,13-20H2. The Hall–Kier alpha value is -2.76. The molecule has 0 saturated carbocycles. The van der Waals surface area contributed by atoms with Crippen LogP contribution in [0.15, 0.2) is 60.8 Å². The van der Waals surface area contributed by atoms with Gasteiger partial charge in [0.1, 0.15) is 5.69 Å². The van der Waals surface area contributed by atoms with Gasteiger partial charge in [0.2, 0.25) is 0 Å². The molecule has 0 aliphatic carbocycles. The molecular formula is C27H31N3O2. The fraction of sp³-hybridized carbons (Fsp3) is 0.407. The maximum absolute atomic E-state index is 13.1. The van der Waals surface area contributed by atoms with E-state index < -0.39 is 0 Å². The Labute approximate surface area is 190 Å². The van der Waals surface area contributed by atoms with Gasteiger partial charge in [0, 0.05) is 44.3 Å². The van der Waals surface area contributed by atoms with Gasteiger partial charge in [0.15, 0.2) is 0 Å². The first-order chi connectivity index (χ1) is 15.8. The van der Waals surface area contributed by atoms with E-state index in [9.17, 15) is 4.79 Å². The lowest BCUT2D eigenvalue weighted by Crippen LogP contribution is -2.39. The Morgan fingerprint density at radius 3 is 2.41 bits per heavy atom. The number of amides is 1. The number of carbonyl (C=O) groups is 1. The summed E-state index contributed by atoms with van der Waals surface area (Å²) in [5, 5.41) is 2.01. The second-order valence-electron chi connectivity index (χ2n) is 9.03. The van der Waals surface area contributed by atoms with Crippen LogP contribution in [0.1, 0.15) is 34.5 Å². The molecule has 2 aliphatic rings. The van der Waals surface area contributed by atoms with Crippen molar-refractivity contribution in [1.82, 2.24) is 14.8 Å². The van der Waals surface area contributed by atoms with E-state index >= 15 is 0 Å². The van der Waals surface area contributed by atoms with Gasteiger partial charge in [0.05, 0.1) is 13.2 Å². The van der Waals surface area contributed by atoms with E-state index in [0.29, 0.717) is 11.6 Å². The molecule has 1 amide bonds. The van der Waals surface area contributed by atoms with Crippen molar-refractivity contribution in [2.75, 3.05) is 39.4 Å². The number of nitrogens with zero attached hydrogens (tertiary/aromatic N) is 3. The lowest BCUT2D eigenvalue weighted by molar-refractivity contribution is 0.0342. The van der Waals surface area contributed by atoms with E-state index in [0.717, 1.165) is 76.0 Å². The summed E-state index contributed by atoms with van der Waals surface area (Å²) in [6.45, 7) is 6.35. The highest BCUT2D eigenvalue weighted by Crippen LogP contribution is 2.25. The molecule has 0 unspecified atom stereocenters. The third-order valence-corrected chi connectivity index (χ3v) is 6.84. The van der Waals surface area contributed by atoms with Gasteiger partial charge in [-0.3, -0.25) is 14.7 Å². The van der Waals surface area contributed by atoms with Gasteiger partial charge < -0.3 is 9.64 Å². The molecule has 3 heterocycles. The van der Waals surface area contributed by atoms with Crippen molar-refractivity contribution >= 4 is 16.7 Å². The highest BCUT2D eigenvalue weighted by molar-refractivity contribution is 6.05. The smallest absolute Gasteiger partial charge is 0.273 e. The number of hydrogen-bond acceptors (Lipinski definition) is 4. The topological polar surface area (TPSA) is 45.7 Å². The van der Waals surface area contributed by atoms with E-state index in [-0.39, 0.29) is 5.91 Å². The zero-order chi connectivity index (χ0) is 21.8. The maximum Gasteiger partial charge on any atom is 0.273 e. The number of carbonyl (C=O) groups excluding carboxylic acids is 1. The fourth-order valence-electron chi connectivity index (χ4n) is 4.91. The average Bonchev–Trinajstić information content (AvgIpc) is 2.86. The largest absolute Gasteiger partial charge is 0.379 e. The molecule has 5 heteroatoms. The molecule has 166 valence electrons. The van der Waals surface area contributed by atoms with Crippen molar-refractivity contribution < 1.29 is 9.53 Å². The number of fused-ring (bicyclic) bond motifs is 1. The minimum Gasteiger partial charge on any atom is -0.379 e. The highest BCUT2D eigenvalue weighted by atomic mass is 16.5. The van der Waals surface area contributed by atoms with Crippen molar-refractivity contribution in [3.63, 3.8) is 0 Å². The van der Waals surface area contributed by atoms with Crippen LogP contribution in [0.3, 0.4) is 0 Å². The molecule has 0 atom stereocenters. The molecule has 1 aromatic heterocycles. The number of benzene rings is 2. The van der Waals surface area contributed by atoms with Gasteiger partial charge in [-0.2, -0.15) is 0 Å². The Morgan fingerprint density at radius 1 is 0.906 bits per heavy atom. The van der Waals surface area contributed by atoms with Crippen LogP contribution < -0.4 is 0 Å². The van der Waals surface area contributed by atoms with Crippen LogP contribution in [0.25, 0.3) is 10.8 Å². The van der Waals surface area contributed by atoms with Gasteiger partial charge >= 0.3 is 0 Å². The fourth-order valence-corrected chi connectivity index (χ4v) is 4.91. The third-order valence-electron chi connectivity index (χ3n) is 6.84. The van der Waals surface area contributed by atoms with Crippen molar-refractivity contribution in [2.24, 2.45) is 5.92 Å². The van der Waals surface area contributed by atoms with E-state index in [2.05, 4.69) is 34.1 Å². The summed E-state index contributed by atoms with van der Waals surface area (Å²) in [6, 6.07) is 19.1. The maximum atomic E-state index is 13.1. The predicted octanol–water partition coefficient (Wildman–Crippen LogP) is 4.16. The lowest BCUT2D eigenvalue weighted by atomic mass is 9.89. The van der Waals surface area contributed by atoms with Gasteiger partial charge in [-0.25, -0.2) is 0 Å². The first-order valence-corrected chi connectivity index (χ1v) is 11.8. The van der Waals surface area contributed by atoms with Crippen LogP contribution in [0.4, 0.5) is 0 Å². The summed E-state index contributed by atoms with van der Waals surface area (Å²) < 4.78 is 5.44. The number of morpholine rings is 1. The molecule has 0 N–H and O–H groups in total. The SMILES string of the molecule is O=C(c1nccc2ccccc12)N1CCC(Cc2ccc(CN3CCOCC3)cc2)CC1. The zero-order valence-electron chi connectivity index (χ0n) is 18.6. The molecule has 0 radical (unpaired) electrons. The van der Waals surface area contributed by atoms with Crippen molar-refractivity contribution in [1.29, 1.82) is 0 Å². The summed E-state index contributed by atoms with van der Waals surface area (Å²) in [6.07, 6.45) is 4.93. The first-order valence-electron chi connectivity index (χ1n) is 11.8. The average molecular weight is 430 g/mol. The number of pyridine rings is 1. The van der Waals surface area contributed by atoms with Crippen LogP contribution in [0, 0.1) is 5.92 Å². The number of ether oxygens (including phenoxy) is 1. The zero-order valence-corrected chi connectivity index (χ0v) is 18.6. The van der Waals surface area contributed by atoms with Crippen molar-refractivity contribution in [3.05, 3.63) is 77.6 Å². The molecule has 5 nitrogen and oxygen atoms in total. The third kappa shape index (κ3) is 4.84. The lowest BCUT2D eigenvalue weighted by Gasteiger charge is -2.32. The van der Waals surface area contributed by atoms with Crippen molar-refractivity contribution in [3.8, 4) is 0 Å². The molecular weight excluding hydrogens is 398 g/mol. The summed E-state index contributed by atoms with van der Waals surface area (Å²) in [5.74, 6) is 0.692. The van der Waals surface area contributed by atoms with Crippen molar-refractivity contribution in [2.45, 2.75) is 25.8 Å².